The zero-order valence-electron chi connectivity index (χ0n) is 13.3. The second-order valence-corrected chi connectivity index (χ2v) is 5.25. The Bertz CT molecular complexity index is 650. The van der Waals surface area contributed by atoms with Crippen molar-refractivity contribution in [1.82, 2.24) is 0 Å². The van der Waals surface area contributed by atoms with E-state index < -0.39 is 6.10 Å². The molecule has 0 saturated heterocycles. The average molecular weight is 299 g/mol. The van der Waals surface area contributed by atoms with Crippen LogP contribution in [0.2, 0.25) is 0 Å². The number of hydrogen-bond donors (Lipinski definition) is 1. The molecule has 2 aromatic carbocycles. The van der Waals surface area contributed by atoms with Crippen molar-refractivity contribution in [2.45, 2.75) is 26.9 Å². The third-order valence-corrected chi connectivity index (χ3v) is 3.36. The summed E-state index contributed by atoms with van der Waals surface area (Å²) in [5.41, 5.74) is 2.89. The van der Waals surface area contributed by atoms with Gasteiger partial charge < -0.3 is 14.8 Å². The van der Waals surface area contributed by atoms with Crippen molar-refractivity contribution < 1.29 is 14.3 Å². The number of ether oxygens (including phenoxy) is 2. The summed E-state index contributed by atoms with van der Waals surface area (Å²) in [7, 11) is 1.60. The number of methoxy groups -OCH3 is 1. The lowest BCUT2D eigenvalue weighted by molar-refractivity contribution is -0.122. The quantitative estimate of drug-likeness (QED) is 0.915. The summed E-state index contributed by atoms with van der Waals surface area (Å²) in [6.45, 7) is 5.73. The van der Waals surface area contributed by atoms with Gasteiger partial charge in [0, 0.05) is 5.69 Å². The van der Waals surface area contributed by atoms with E-state index in [1.54, 1.807) is 38.3 Å². The van der Waals surface area contributed by atoms with E-state index in [-0.39, 0.29) is 5.91 Å². The van der Waals surface area contributed by atoms with E-state index in [1.807, 2.05) is 32.0 Å². The van der Waals surface area contributed by atoms with Crippen LogP contribution < -0.4 is 14.8 Å². The lowest BCUT2D eigenvalue weighted by atomic mass is 10.1. The highest BCUT2D eigenvalue weighted by Crippen LogP contribution is 2.21. The number of rotatable bonds is 5. The fourth-order valence-electron chi connectivity index (χ4n) is 2.09. The Balaban J connectivity index is 1.99. The molecule has 0 aliphatic carbocycles. The fraction of sp³-hybridized carbons (Fsp3) is 0.278. The predicted octanol–water partition coefficient (Wildman–Crippen LogP) is 3.72. The summed E-state index contributed by atoms with van der Waals surface area (Å²) in [5, 5.41) is 2.82. The van der Waals surface area contributed by atoms with E-state index in [4.69, 9.17) is 9.47 Å². The summed E-state index contributed by atoms with van der Waals surface area (Å²) in [6.07, 6.45) is -0.580. The number of nitrogens with one attached hydrogen (secondary N) is 1. The van der Waals surface area contributed by atoms with Gasteiger partial charge in [-0.2, -0.15) is 0 Å². The summed E-state index contributed by atoms with van der Waals surface area (Å²) in [5.74, 6) is 1.28. The first-order valence-corrected chi connectivity index (χ1v) is 7.18. The highest BCUT2D eigenvalue weighted by Gasteiger charge is 2.15. The summed E-state index contributed by atoms with van der Waals surface area (Å²) < 4.78 is 10.8. The molecule has 1 atom stereocenters. The molecule has 116 valence electrons. The maximum Gasteiger partial charge on any atom is 0.265 e. The van der Waals surface area contributed by atoms with Crippen molar-refractivity contribution in [3.63, 3.8) is 0 Å². The molecule has 0 fully saturated rings. The zero-order chi connectivity index (χ0) is 16.1. The minimum atomic E-state index is -0.580. The highest BCUT2D eigenvalue weighted by molar-refractivity contribution is 5.94. The molecular weight excluding hydrogens is 278 g/mol. The molecule has 0 aromatic heterocycles. The monoisotopic (exact) mass is 299 g/mol. The van der Waals surface area contributed by atoms with Gasteiger partial charge in [-0.05, 0) is 56.7 Å². The van der Waals surface area contributed by atoms with Crippen LogP contribution in [0, 0.1) is 13.8 Å². The van der Waals surface area contributed by atoms with Crippen LogP contribution in [-0.2, 0) is 4.79 Å². The third-order valence-electron chi connectivity index (χ3n) is 3.36. The molecule has 0 unspecified atom stereocenters. The SMILES string of the molecule is COc1ccc(NC(=O)[C@H](C)Oc2ccc(C)cc2C)cc1. The molecule has 1 N–H and O–H groups in total. The molecular formula is C18H21NO3. The van der Waals surface area contributed by atoms with Gasteiger partial charge in [0.25, 0.3) is 5.91 Å². The molecule has 2 rings (SSSR count). The number of hydrogen-bond acceptors (Lipinski definition) is 3. The number of carbonyl (C=O) groups excluding carboxylic acids is 1. The van der Waals surface area contributed by atoms with Gasteiger partial charge in [0.05, 0.1) is 7.11 Å². The smallest absolute Gasteiger partial charge is 0.265 e. The minimum absolute atomic E-state index is 0.190. The highest BCUT2D eigenvalue weighted by atomic mass is 16.5. The predicted molar refractivity (Wildman–Crippen MR) is 87.6 cm³/mol. The first-order valence-electron chi connectivity index (χ1n) is 7.18. The Kier molecular flexibility index (Phi) is 5.04. The van der Waals surface area contributed by atoms with Gasteiger partial charge in [0.15, 0.2) is 6.10 Å². The topological polar surface area (TPSA) is 47.6 Å². The summed E-state index contributed by atoms with van der Waals surface area (Å²) >= 11 is 0. The van der Waals surface area contributed by atoms with Gasteiger partial charge in [-0.1, -0.05) is 17.7 Å². The number of anilines is 1. The van der Waals surface area contributed by atoms with Crippen LogP contribution in [0.1, 0.15) is 18.1 Å². The van der Waals surface area contributed by atoms with Crippen LogP contribution in [0.25, 0.3) is 0 Å². The van der Waals surface area contributed by atoms with Crippen molar-refractivity contribution in [3.8, 4) is 11.5 Å². The molecule has 0 aliphatic rings. The van der Waals surface area contributed by atoms with Gasteiger partial charge in [0.1, 0.15) is 11.5 Å². The maximum atomic E-state index is 12.2. The van der Waals surface area contributed by atoms with E-state index in [1.165, 1.54) is 5.56 Å². The van der Waals surface area contributed by atoms with E-state index in [0.717, 1.165) is 17.1 Å². The van der Waals surface area contributed by atoms with Crippen molar-refractivity contribution in [2.24, 2.45) is 0 Å². The Labute approximate surface area is 131 Å². The molecule has 2 aromatic rings. The van der Waals surface area contributed by atoms with Crippen LogP contribution in [0.15, 0.2) is 42.5 Å². The Morgan fingerprint density at radius 1 is 1.09 bits per heavy atom. The van der Waals surface area contributed by atoms with E-state index in [9.17, 15) is 4.79 Å². The normalized spacial score (nSPS) is 11.6. The van der Waals surface area contributed by atoms with Crippen LogP contribution in [0.4, 0.5) is 5.69 Å². The summed E-state index contributed by atoms with van der Waals surface area (Å²) in [4.78, 5) is 12.2. The van der Waals surface area contributed by atoms with Crippen molar-refractivity contribution >= 4 is 11.6 Å². The van der Waals surface area contributed by atoms with E-state index >= 15 is 0 Å². The molecule has 1 amide bonds. The first kappa shape index (κ1) is 15.9. The fourth-order valence-corrected chi connectivity index (χ4v) is 2.09. The van der Waals surface area contributed by atoms with Crippen molar-refractivity contribution in [3.05, 3.63) is 53.6 Å². The molecule has 22 heavy (non-hydrogen) atoms. The summed E-state index contributed by atoms with van der Waals surface area (Å²) in [6, 6.07) is 13.1. The minimum Gasteiger partial charge on any atom is -0.497 e. The lowest BCUT2D eigenvalue weighted by Crippen LogP contribution is -2.30. The van der Waals surface area contributed by atoms with Gasteiger partial charge in [-0.25, -0.2) is 0 Å². The first-order chi connectivity index (χ1) is 10.5. The number of benzene rings is 2. The molecule has 0 radical (unpaired) electrons. The average Bonchev–Trinajstić information content (AvgIpc) is 2.50. The van der Waals surface area contributed by atoms with Crippen LogP contribution in [0.5, 0.6) is 11.5 Å². The van der Waals surface area contributed by atoms with Gasteiger partial charge in [-0.3, -0.25) is 4.79 Å². The maximum absolute atomic E-state index is 12.2. The molecule has 0 spiro atoms. The number of carbonyl (C=O) groups is 1. The van der Waals surface area contributed by atoms with Crippen molar-refractivity contribution in [2.75, 3.05) is 12.4 Å². The van der Waals surface area contributed by atoms with Crippen molar-refractivity contribution in [1.29, 1.82) is 0 Å². The van der Waals surface area contributed by atoms with Crippen LogP contribution in [-0.4, -0.2) is 19.1 Å². The largest absolute Gasteiger partial charge is 0.497 e. The second kappa shape index (κ2) is 6.98. The Hall–Kier alpha value is -2.49. The number of amides is 1. The molecule has 4 heteroatoms. The van der Waals surface area contributed by atoms with Gasteiger partial charge >= 0.3 is 0 Å². The van der Waals surface area contributed by atoms with Crippen LogP contribution >= 0.6 is 0 Å². The molecule has 0 saturated carbocycles. The van der Waals surface area contributed by atoms with E-state index in [0.29, 0.717) is 5.69 Å². The van der Waals surface area contributed by atoms with Gasteiger partial charge in [-0.15, -0.1) is 0 Å². The Morgan fingerprint density at radius 2 is 1.77 bits per heavy atom. The molecule has 0 aliphatic heterocycles. The number of aryl methyl sites for hydroxylation is 2. The van der Waals surface area contributed by atoms with Gasteiger partial charge in [0.2, 0.25) is 0 Å². The molecule has 4 nitrogen and oxygen atoms in total. The lowest BCUT2D eigenvalue weighted by Gasteiger charge is -2.16. The zero-order valence-corrected chi connectivity index (χ0v) is 13.3. The van der Waals surface area contributed by atoms with E-state index in [2.05, 4.69) is 5.32 Å². The molecule has 0 bridgehead atoms. The Morgan fingerprint density at radius 3 is 2.36 bits per heavy atom. The standard InChI is InChI=1S/C18H21NO3/c1-12-5-10-17(13(2)11-12)22-14(3)18(20)19-15-6-8-16(21-4)9-7-15/h5-11,14H,1-4H3,(H,19,20)/t14-/m0/s1. The second-order valence-electron chi connectivity index (χ2n) is 5.25. The van der Waals surface area contributed by atoms with Crippen LogP contribution in [0.3, 0.4) is 0 Å². The molecule has 0 heterocycles. The third kappa shape index (κ3) is 4.01.